The van der Waals surface area contributed by atoms with Crippen molar-refractivity contribution in [1.29, 1.82) is 0 Å². The van der Waals surface area contributed by atoms with Crippen LogP contribution in [0.1, 0.15) is 30.6 Å². The lowest BCUT2D eigenvalue weighted by molar-refractivity contribution is 0.0494. The van der Waals surface area contributed by atoms with Crippen molar-refractivity contribution >= 4 is 10.0 Å². The molecule has 2 heterocycles. The fraction of sp³-hybridized carbons (Fsp3) is 0.500. The average Bonchev–Trinajstić information content (AvgIpc) is 3.28. The first-order valence-corrected chi connectivity index (χ1v) is 9.63. The normalized spacial score (nSPS) is 18.5. The van der Waals surface area contributed by atoms with Gasteiger partial charge in [0, 0.05) is 13.7 Å². The van der Waals surface area contributed by atoms with Crippen LogP contribution in [-0.2, 0) is 26.1 Å². The van der Waals surface area contributed by atoms with Crippen molar-refractivity contribution in [2.75, 3.05) is 26.9 Å². The van der Waals surface area contributed by atoms with Gasteiger partial charge in [0.05, 0.1) is 24.2 Å². The van der Waals surface area contributed by atoms with Crippen molar-refractivity contribution in [3.05, 3.63) is 41.8 Å². The standard InChI is InChI=1S/C16H20FN3O5S/c1-23-9-10-24-11-15-18-16(19-25-15)14-3-2-8-20(14)26(21,22)13-6-4-12(17)5-7-13/h4-7,14H,2-3,8-11H2,1H3. The van der Waals surface area contributed by atoms with E-state index >= 15 is 0 Å². The second-order valence-electron chi connectivity index (χ2n) is 5.82. The number of ether oxygens (including phenoxy) is 2. The van der Waals surface area contributed by atoms with Gasteiger partial charge in [-0.3, -0.25) is 0 Å². The van der Waals surface area contributed by atoms with E-state index in [0.29, 0.717) is 38.4 Å². The second-order valence-corrected chi connectivity index (χ2v) is 7.71. The largest absolute Gasteiger partial charge is 0.382 e. The number of aromatic nitrogens is 2. The number of rotatable bonds is 8. The fourth-order valence-corrected chi connectivity index (χ4v) is 4.45. The number of hydrogen-bond acceptors (Lipinski definition) is 7. The van der Waals surface area contributed by atoms with Gasteiger partial charge in [-0.1, -0.05) is 5.16 Å². The highest BCUT2D eigenvalue weighted by Gasteiger charge is 2.38. The first-order chi connectivity index (χ1) is 12.5. The third kappa shape index (κ3) is 4.09. The van der Waals surface area contributed by atoms with E-state index in [-0.39, 0.29) is 17.4 Å². The molecule has 1 aliphatic heterocycles. The molecule has 8 nitrogen and oxygen atoms in total. The minimum absolute atomic E-state index is 0.0393. The summed E-state index contributed by atoms with van der Waals surface area (Å²) in [4.78, 5) is 4.29. The van der Waals surface area contributed by atoms with Crippen molar-refractivity contribution in [1.82, 2.24) is 14.4 Å². The Morgan fingerprint density at radius 3 is 2.81 bits per heavy atom. The molecule has 26 heavy (non-hydrogen) atoms. The third-order valence-corrected chi connectivity index (χ3v) is 5.99. The van der Waals surface area contributed by atoms with Crippen LogP contribution < -0.4 is 0 Å². The minimum Gasteiger partial charge on any atom is -0.382 e. The van der Waals surface area contributed by atoms with Crippen LogP contribution in [0.5, 0.6) is 0 Å². The molecular weight excluding hydrogens is 365 g/mol. The van der Waals surface area contributed by atoms with E-state index in [9.17, 15) is 12.8 Å². The van der Waals surface area contributed by atoms with Gasteiger partial charge in [-0.15, -0.1) is 0 Å². The van der Waals surface area contributed by atoms with Gasteiger partial charge in [-0.2, -0.15) is 9.29 Å². The monoisotopic (exact) mass is 385 g/mol. The summed E-state index contributed by atoms with van der Waals surface area (Å²) in [5.41, 5.74) is 0. The molecular formula is C16H20FN3O5S. The molecule has 2 aromatic rings. The fourth-order valence-electron chi connectivity index (χ4n) is 2.79. The van der Waals surface area contributed by atoms with Crippen LogP contribution in [0.2, 0.25) is 0 Å². The van der Waals surface area contributed by atoms with Crippen LogP contribution in [0.3, 0.4) is 0 Å². The molecule has 0 saturated carbocycles. The lowest BCUT2D eigenvalue weighted by Crippen LogP contribution is -2.31. The predicted molar refractivity (Wildman–Crippen MR) is 88.1 cm³/mol. The molecule has 0 amide bonds. The topological polar surface area (TPSA) is 94.8 Å². The molecule has 0 N–H and O–H groups in total. The summed E-state index contributed by atoms with van der Waals surface area (Å²) in [5.74, 6) is 0.0962. The maximum Gasteiger partial charge on any atom is 0.252 e. The molecule has 0 spiro atoms. The molecule has 1 aliphatic rings. The lowest BCUT2D eigenvalue weighted by Gasteiger charge is -2.21. The average molecular weight is 385 g/mol. The maximum absolute atomic E-state index is 13.1. The number of halogens is 1. The zero-order valence-electron chi connectivity index (χ0n) is 14.3. The van der Waals surface area contributed by atoms with Crippen LogP contribution in [-0.4, -0.2) is 49.7 Å². The van der Waals surface area contributed by atoms with E-state index in [2.05, 4.69) is 10.1 Å². The molecule has 1 fully saturated rings. The van der Waals surface area contributed by atoms with Crippen molar-refractivity contribution in [3.63, 3.8) is 0 Å². The van der Waals surface area contributed by atoms with E-state index in [1.165, 1.54) is 16.4 Å². The smallest absolute Gasteiger partial charge is 0.252 e. The summed E-state index contributed by atoms with van der Waals surface area (Å²) in [6, 6.07) is 4.25. The van der Waals surface area contributed by atoms with Gasteiger partial charge in [0.15, 0.2) is 5.82 Å². The zero-order valence-corrected chi connectivity index (χ0v) is 15.1. The molecule has 1 unspecified atom stereocenters. The van der Waals surface area contributed by atoms with Crippen molar-refractivity contribution in [2.24, 2.45) is 0 Å². The number of nitrogens with zero attached hydrogens (tertiary/aromatic N) is 3. The molecule has 10 heteroatoms. The Kier molecular flexibility index (Phi) is 5.97. The van der Waals surface area contributed by atoms with Gasteiger partial charge in [-0.05, 0) is 37.1 Å². The summed E-state index contributed by atoms with van der Waals surface area (Å²) < 4.78 is 55.5. The van der Waals surface area contributed by atoms with Gasteiger partial charge in [0.25, 0.3) is 5.89 Å². The number of benzene rings is 1. The first kappa shape index (κ1) is 18.9. The minimum atomic E-state index is -3.77. The van der Waals surface area contributed by atoms with Crippen LogP contribution in [0.25, 0.3) is 0 Å². The highest BCUT2D eigenvalue weighted by molar-refractivity contribution is 7.89. The number of hydrogen-bond donors (Lipinski definition) is 0. The summed E-state index contributed by atoms with van der Waals surface area (Å²) in [6.45, 7) is 1.32. The quantitative estimate of drug-likeness (QED) is 0.641. The first-order valence-electron chi connectivity index (χ1n) is 8.19. The van der Waals surface area contributed by atoms with Gasteiger partial charge in [-0.25, -0.2) is 12.8 Å². The molecule has 0 radical (unpaired) electrons. The molecule has 1 saturated heterocycles. The maximum atomic E-state index is 13.1. The van der Waals surface area contributed by atoms with Gasteiger partial charge in [0.2, 0.25) is 10.0 Å². The van der Waals surface area contributed by atoms with Crippen LogP contribution >= 0.6 is 0 Å². The molecule has 142 valence electrons. The summed E-state index contributed by atoms with van der Waals surface area (Å²) in [6.07, 6.45) is 1.27. The molecule has 3 rings (SSSR count). The zero-order chi connectivity index (χ0) is 18.6. The Bertz CT molecular complexity index is 825. The van der Waals surface area contributed by atoms with E-state index in [1.807, 2.05) is 0 Å². The van der Waals surface area contributed by atoms with E-state index in [4.69, 9.17) is 14.0 Å². The summed E-state index contributed by atoms with van der Waals surface area (Å²) in [7, 11) is -2.20. The lowest BCUT2D eigenvalue weighted by atomic mass is 10.2. The summed E-state index contributed by atoms with van der Waals surface area (Å²) >= 11 is 0. The molecule has 1 atom stereocenters. The Morgan fingerprint density at radius 2 is 2.08 bits per heavy atom. The third-order valence-electron chi connectivity index (χ3n) is 4.06. The van der Waals surface area contributed by atoms with E-state index in [1.54, 1.807) is 7.11 Å². The van der Waals surface area contributed by atoms with Gasteiger partial charge in [0.1, 0.15) is 12.4 Å². The van der Waals surface area contributed by atoms with Gasteiger partial charge >= 0.3 is 0 Å². The molecule has 0 aliphatic carbocycles. The highest BCUT2D eigenvalue weighted by atomic mass is 32.2. The number of methoxy groups -OCH3 is 1. The Labute approximate surface area is 151 Å². The SMILES string of the molecule is COCCOCc1nc(C2CCCN2S(=O)(=O)c2ccc(F)cc2)no1. The second kappa shape index (κ2) is 8.21. The van der Waals surface area contributed by atoms with Crippen LogP contribution in [0.4, 0.5) is 4.39 Å². The Hall–Kier alpha value is -1.88. The van der Waals surface area contributed by atoms with E-state index < -0.39 is 21.9 Å². The van der Waals surface area contributed by atoms with E-state index in [0.717, 1.165) is 12.1 Å². The Balaban J connectivity index is 1.74. The van der Waals surface area contributed by atoms with Crippen LogP contribution in [0.15, 0.2) is 33.7 Å². The highest BCUT2D eigenvalue weighted by Crippen LogP contribution is 2.35. The summed E-state index contributed by atoms with van der Waals surface area (Å²) in [5, 5.41) is 3.91. The predicted octanol–water partition coefficient (Wildman–Crippen LogP) is 1.90. The molecule has 1 aromatic carbocycles. The Morgan fingerprint density at radius 1 is 1.31 bits per heavy atom. The molecule has 1 aromatic heterocycles. The van der Waals surface area contributed by atoms with Crippen molar-refractivity contribution < 1.29 is 26.8 Å². The van der Waals surface area contributed by atoms with Crippen molar-refractivity contribution in [2.45, 2.75) is 30.4 Å². The van der Waals surface area contributed by atoms with Crippen LogP contribution in [0, 0.1) is 5.82 Å². The van der Waals surface area contributed by atoms with Crippen molar-refractivity contribution in [3.8, 4) is 0 Å². The number of sulfonamides is 1. The van der Waals surface area contributed by atoms with Gasteiger partial charge < -0.3 is 14.0 Å². The molecule has 0 bridgehead atoms.